The van der Waals surface area contributed by atoms with Crippen molar-refractivity contribution in [3.63, 3.8) is 0 Å². The van der Waals surface area contributed by atoms with E-state index in [1.165, 1.54) is 47.7 Å². The Morgan fingerprint density at radius 2 is 2.18 bits per heavy atom. The number of carbonyl (C=O) groups is 1. The van der Waals surface area contributed by atoms with Gasteiger partial charge in [0.25, 0.3) is 5.91 Å². The van der Waals surface area contributed by atoms with Crippen LogP contribution in [0.3, 0.4) is 0 Å². The number of ether oxygens (including phenoxy) is 2. The van der Waals surface area contributed by atoms with E-state index in [2.05, 4.69) is 20.5 Å². The Labute approximate surface area is 167 Å². The summed E-state index contributed by atoms with van der Waals surface area (Å²) in [6.45, 7) is 1.60. The number of hydrogen-bond acceptors (Lipinski definition) is 8. The first-order valence-electron chi connectivity index (χ1n) is 8.54. The number of methoxy groups -OCH3 is 1. The predicted octanol–water partition coefficient (Wildman–Crippen LogP) is 0.356. The van der Waals surface area contributed by atoms with Crippen LogP contribution in [-0.2, 0) is 14.8 Å². The molecule has 0 bridgehead atoms. The van der Waals surface area contributed by atoms with Gasteiger partial charge < -0.3 is 14.8 Å². The summed E-state index contributed by atoms with van der Waals surface area (Å²) in [5, 5.41) is 9.90. The molecule has 2 aromatic rings. The lowest BCUT2D eigenvalue weighted by atomic mass is 10.2. The minimum atomic E-state index is -3.79. The van der Waals surface area contributed by atoms with Gasteiger partial charge >= 0.3 is 0 Å². The summed E-state index contributed by atoms with van der Waals surface area (Å²) in [5.74, 6) is 0.430. The standard InChI is InChI=1S/C16H21N5O5S2/c1-25-13-3-2-12(15(22)17-4-9-27-16-18-11-19-20-16)10-14(13)28(23,24)21-5-7-26-8-6-21/h2-3,10-11H,4-9H2,1H3,(H,17,22)(H,18,19,20). The van der Waals surface area contributed by atoms with E-state index in [1.807, 2.05) is 0 Å². The summed E-state index contributed by atoms with van der Waals surface area (Å²) in [6.07, 6.45) is 1.41. The van der Waals surface area contributed by atoms with Gasteiger partial charge in [-0.2, -0.15) is 9.40 Å². The van der Waals surface area contributed by atoms with Gasteiger partial charge in [0, 0.05) is 31.0 Å². The fraction of sp³-hybridized carbons (Fsp3) is 0.438. The average molecular weight is 428 g/mol. The number of carbonyl (C=O) groups excluding carboxylic acids is 1. The number of morpholine rings is 1. The van der Waals surface area contributed by atoms with Gasteiger partial charge in [0.05, 0.1) is 20.3 Å². The molecule has 1 saturated heterocycles. The van der Waals surface area contributed by atoms with E-state index in [9.17, 15) is 13.2 Å². The molecule has 1 amide bonds. The number of sulfonamides is 1. The SMILES string of the molecule is COc1ccc(C(=O)NCCSc2ncn[nH]2)cc1S(=O)(=O)N1CCOCC1. The maximum atomic E-state index is 13.0. The monoisotopic (exact) mass is 427 g/mol. The van der Waals surface area contributed by atoms with Crippen LogP contribution in [0.5, 0.6) is 5.75 Å². The molecule has 1 aromatic carbocycles. The predicted molar refractivity (Wildman–Crippen MR) is 102 cm³/mol. The molecule has 0 unspecified atom stereocenters. The minimum Gasteiger partial charge on any atom is -0.495 e. The zero-order valence-electron chi connectivity index (χ0n) is 15.3. The van der Waals surface area contributed by atoms with Gasteiger partial charge in [0.1, 0.15) is 17.0 Å². The molecular weight excluding hydrogens is 406 g/mol. The van der Waals surface area contributed by atoms with E-state index in [1.54, 1.807) is 0 Å². The molecule has 1 aliphatic rings. The molecule has 0 spiro atoms. The lowest BCUT2D eigenvalue weighted by Crippen LogP contribution is -2.40. The molecule has 3 rings (SSSR count). The van der Waals surface area contributed by atoms with Crippen molar-refractivity contribution in [1.82, 2.24) is 24.8 Å². The maximum absolute atomic E-state index is 13.0. The van der Waals surface area contributed by atoms with Crippen molar-refractivity contribution in [1.29, 1.82) is 0 Å². The van der Waals surface area contributed by atoms with E-state index < -0.39 is 10.0 Å². The highest BCUT2D eigenvalue weighted by molar-refractivity contribution is 7.99. The molecule has 0 saturated carbocycles. The van der Waals surface area contributed by atoms with Crippen LogP contribution >= 0.6 is 11.8 Å². The molecule has 1 aromatic heterocycles. The smallest absolute Gasteiger partial charge is 0.251 e. The fourth-order valence-electron chi connectivity index (χ4n) is 2.62. The number of nitrogens with one attached hydrogen (secondary N) is 2. The van der Waals surface area contributed by atoms with Crippen LogP contribution < -0.4 is 10.1 Å². The first-order valence-corrected chi connectivity index (χ1v) is 11.0. The Morgan fingerprint density at radius 3 is 2.86 bits per heavy atom. The summed E-state index contributed by atoms with van der Waals surface area (Å²) in [6, 6.07) is 4.38. The lowest BCUT2D eigenvalue weighted by molar-refractivity contribution is 0.0729. The number of rotatable bonds is 8. The zero-order chi connectivity index (χ0) is 20.0. The molecule has 2 heterocycles. The van der Waals surface area contributed by atoms with Crippen molar-refractivity contribution in [3.8, 4) is 5.75 Å². The second-order valence-corrected chi connectivity index (χ2v) is 8.77. The molecular formula is C16H21N5O5S2. The Hall–Kier alpha value is -2.15. The number of benzene rings is 1. The highest BCUT2D eigenvalue weighted by Gasteiger charge is 2.30. The van der Waals surface area contributed by atoms with Gasteiger partial charge in [0.15, 0.2) is 5.16 Å². The number of amides is 1. The second-order valence-electron chi connectivity index (χ2n) is 5.78. The van der Waals surface area contributed by atoms with Crippen LogP contribution in [0.4, 0.5) is 0 Å². The summed E-state index contributed by atoms with van der Waals surface area (Å²) >= 11 is 1.42. The van der Waals surface area contributed by atoms with Crippen molar-refractivity contribution in [2.24, 2.45) is 0 Å². The third-order valence-electron chi connectivity index (χ3n) is 4.03. The Balaban J connectivity index is 1.69. The van der Waals surface area contributed by atoms with Crippen molar-refractivity contribution in [2.75, 3.05) is 45.7 Å². The Kier molecular flexibility index (Phi) is 6.88. The van der Waals surface area contributed by atoms with Crippen molar-refractivity contribution in [2.45, 2.75) is 10.1 Å². The topological polar surface area (TPSA) is 127 Å². The van der Waals surface area contributed by atoms with Crippen molar-refractivity contribution < 1.29 is 22.7 Å². The fourth-order valence-corrected chi connectivity index (χ4v) is 4.85. The van der Waals surface area contributed by atoms with Gasteiger partial charge in [-0.1, -0.05) is 11.8 Å². The molecule has 0 atom stereocenters. The van der Waals surface area contributed by atoms with Crippen LogP contribution in [-0.4, -0.2) is 79.5 Å². The first kappa shape index (κ1) is 20.6. The van der Waals surface area contributed by atoms with E-state index >= 15 is 0 Å². The number of H-pyrrole nitrogens is 1. The van der Waals surface area contributed by atoms with Gasteiger partial charge in [-0.3, -0.25) is 9.89 Å². The molecule has 28 heavy (non-hydrogen) atoms. The average Bonchev–Trinajstić information content (AvgIpc) is 3.24. The van der Waals surface area contributed by atoms with Gasteiger partial charge in [0.2, 0.25) is 10.0 Å². The Morgan fingerprint density at radius 1 is 1.39 bits per heavy atom. The molecule has 0 radical (unpaired) electrons. The van der Waals surface area contributed by atoms with E-state index in [4.69, 9.17) is 9.47 Å². The largest absolute Gasteiger partial charge is 0.495 e. The summed E-state index contributed by atoms with van der Waals surface area (Å²) in [5.41, 5.74) is 0.247. The maximum Gasteiger partial charge on any atom is 0.251 e. The van der Waals surface area contributed by atoms with Gasteiger partial charge in [-0.25, -0.2) is 13.4 Å². The number of hydrogen-bond donors (Lipinski definition) is 2. The summed E-state index contributed by atoms with van der Waals surface area (Å²) < 4.78 is 37.7. The van der Waals surface area contributed by atoms with E-state index in [0.29, 0.717) is 30.7 Å². The minimum absolute atomic E-state index is 0.0272. The van der Waals surface area contributed by atoms with Crippen LogP contribution in [0.15, 0.2) is 34.6 Å². The number of nitrogens with zero attached hydrogens (tertiary/aromatic N) is 3. The molecule has 0 aliphatic carbocycles. The van der Waals surface area contributed by atoms with Crippen molar-refractivity contribution >= 4 is 27.7 Å². The molecule has 1 fully saturated rings. The first-order chi connectivity index (χ1) is 13.5. The third kappa shape index (κ3) is 4.82. The van der Waals surface area contributed by atoms with Crippen LogP contribution in [0.1, 0.15) is 10.4 Å². The van der Waals surface area contributed by atoms with Gasteiger partial charge in [-0.05, 0) is 18.2 Å². The van der Waals surface area contributed by atoms with E-state index in [0.717, 1.165) is 0 Å². The van der Waals surface area contributed by atoms with Gasteiger partial charge in [-0.15, -0.1) is 0 Å². The summed E-state index contributed by atoms with van der Waals surface area (Å²) in [4.78, 5) is 16.4. The van der Waals surface area contributed by atoms with Crippen molar-refractivity contribution in [3.05, 3.63) is 30.1 Å². The van der Waals surface area contributed by atoms with E-state index in [-0.39, 0.29) is 35.2 Å². The quantitative estimate of drug-likeness (QED) is 0.457. The molecule has 12 heteroatoms. The normalized spacial score (nSPS) is 15.3. The number of aromatic amines is 1. The highest BCUT2D eigenvalue weighted by atomic mass is 32.2. The zero-order valence-corrected chi connectivity index (χ0v) is 16.9. The second kappa shape index (κ2) is 9.37. The number of thioether (sulfide) groups is 1. The molecule has 152 valence electrons. The summed E-state index contributed by atoms with van der Waals surface area (Å²) in [7, 11) is -2.39. The molecule has 2 N–H and O–H groups in total. The van der Waals surface area contributed by atoms with Crippen LogP contribution in [0.25, 0.3) is 0 Å². The van der Waals surface area contributed by atoms with Crippen LogP contribution in [0.2, 0.25) is 0 Å². The molecule has 10 nitrogen and oxygen atoms in total. The lowest BCUT2D eigenvalue weighted by Gasteiger charge is -2.26. The number of aromatic nitrogens is 3. The highest BCUT2D eigenvalue weighted by Crippen LogP contribution is 2.28. The molecule has 1 aliphatic heterocycles. The van der Waals surface area contributed by atoms with Crippen LogP contribution in [0, 0.1) is 0 Å². The Bertz CT molecular complexity index is 898. The third-order valence-corrected chi connectivity index (χ3v) is 6.83.